The van der Waals surface area contributed by atoms with Gasteiger partial charge in [0, 0.05) is 42.7 Å². The lowest BCUT2D eigenvalue weighted by molar-refractivity contribution is 0.0260. The molecular formula is C18H26Cl2N2O3. The summed E-state index contributed by atoms with van der Waals surface area (Å²) in [5.74, 6) is 0.689. The molecule has 0 saturated heterocycles. The first-order chi connectivity index (χ1) is 11.7. The van der Waals surface area contributed by atoms with Gasteiger partial charge in [0.1, 0.15) is 11.4 Å². The van der Waals surface area contributed by atoms with Crippen molar-refractivity contribution in [3.05, 3.63) is 27.7 Å². The van der Waals surface area contributed by atoms with Crippen LogP contribution in [0, 0.1) is 0 Å². The molecule has 1 aliphatic rings. The Kier molecular flexibility index (Phi) is 6.83. The lowest BCUT2D eigenvalue weighted by Gasteiger charge is -2.30. The molecular weight excluding hydrogens is 363 g/mol. The monoisotopic (exact) mass is 388 g/mol. The number of amides is 1. The molecule has 1 aliphatic heterocycles. The number of hydrogen-bond acceptors (Lipinski definition) is 4. The second-order valence-corrected chi connectivity index (χ2v) is 7.85. The fourth-order valence-electron chi connectivity index (χ4n) is 2.72. The van der Waals surface area contributed by atoms with Gasteiger partial charge >= 0.3 is 6.09 Å². The molecule has 7 heteroatoms. The largest absolute Gasteiger partial charge is 0.492 e. The molecule has 2 rings (SSSR count). The smallest absolute Gasteiger partial charge is 0.410 e. The highest BCUT2D eigenvalue weighted by Crippen LogP contribution is 2.39. The van der Waals surface area contributed by atoms with Gasteiger partial charge in [0.15, 0.2) is 0 Å². The number of likely N-dealkylation sites (N-methyl/N-ethyl adjacent to an activating group) is 1. The van der Waals surface area contributed by atoms with Crippen LogP contribution in [0.1, 0.15) is 45.7 Å². The van der Waals surface area contributed by atoms with Gasteiger partial charge < -0.3 is 19.7 Å². The highest BCUT2D eigenvalue weighted by molar-refractivity contribution is 6.35. The number of hydrogen-bond donors (Lipinski definition) is 1. The summed E-state index contributed by atoms with van der Waals surface area (Å²) in [5.41, 5.74) is 0.467. The molecule has 0 bridgehead atoms. The number of nitrogens with one attached hydrogen (secondary N) is 1. The van der Waals surface area contributed by atoms with Gasteiger partial charge in [0.05, 0.1) is 11.6 Å². The Hall–Kier alpha value is -1.17. The first-order valence-electron chi connectivity index (χ1n) is 8.54. The first-order valence-corrected chi connectivity index (χ1v) is 9.30. The maximum absolute atomic E-state index is 12.2. The molecule has 0 saturated carbocycles. The first kappa shape index (κ1) is 20.1. The van der Waals surface area contributed by atoms with Crippen molar-refractivity contribution in [2.75, 3.05) is 26.2 Å². The van der Waals surface area contributed by atoms with Crippen LogP contribution in [-0.2, 0) is 4.74 Å². The van der Waals surface area contributed by atoms with E-state index in [1.165, 1.54) is 0 Å². The molecule has 1 aromatic carbocycles. The van der Waals surface area contributed by atoms with Crippen molar-refractivity contribution in [1.29, 1.82) is 0 Å². The van der Waals surface area contributed by atoms with Gasteiger partial charge in [0.2, 0.25) is 0 Å². The SMILES string of the molecule is CCN(CCNC1CCOc2c(Cl)cc(Cl)cc21)C(=O)OC(C)(C)C. The third-order valence-corrected chi connectivity index (χ3v) is 4.37. The van der Waals surface area contributed by atoms with Gasteiger partial charge in [-0.3, -0.25) is 0 Å². The van der Waals surface area contributed by atoms with E-state index in [0.29, 0.717) is 42.0 Å². The van der Waals surface area contributed by atoms with Crippen LogP contribution in [0.3, 0.4) is 0 Å². The Morgan fingerprint density at radius 2 is 2.12 bits per heavy atom. The van der Waals surface area contributed by atoms with E-state index in [9.17, 15) is 4.79 Å². The van der Waals surface area contributed by atoms with Crippen molar-refractivity contribution in [1.82, 2.24) is 10.2 Å². The second-order valence-electron chi connectivity index (χ2n) is 7.01. The van der Waals surface area contributed by atoms with Gasteiger partial charge in [-0.1, -0.05) is 23.2 Å². The van der Waals surface area contributed by atoms with E-state index in [4.69, 9.17) is 32.7 Å². The molecule has 1 N–H and O–H groups in total. The zero-order chi connectivity index (χ0) is 18.6. The predicted molar refractivity (Wildman–Crippen MR) is 101 cm³/mol. The second kappa shape index (κ2) is 8.47. The number of fused-ring (bicyclic) bond motifs is 1. The molecule has 5 nitrogen and oxygen atoms in total. The maximum atomic E-state index is 12.2. The van der Waals surface area contributed by atoms with E-state index in [1.807, 2.05) is 33.8 Å². The lowest BCUT2D eigenvalue weighted by Crippen LogP contribution is -2.41. The number of ether oxygens (including phenoxy) is 2. The van der Waals surface area contributed by atoms with E-state index in [1.54, 1.807) is 11.0 Å². The van der Waals surface area contributed by atoms with Crippen molar-refractivity contribution in [3.63, 3.8) is 0 Å². The van der Waals surface area contributed by atoms with Crippen molar-refractivity contribution < 1.29 is 14.3 Å². The molecule has 0 aromatic heterocycles. The van der Waals surface area contributed by atoms with Gasteiger partial charge in [-0.05, 0) is 39.8 Å². The molecule has 25 heavy (non-hydrogen) atoms. The minimum Gasteiger partial charge on any atom is -0.492 e. The van der Waals surface area contributed by atoms with Crippen LogP contribution in [0.15, 0.2) is 12.1 Å². The third kappa shape index (κ3) is 5.66. The van der Waals surface area contributed by atoms with E-state index in [0.717, 1.165) is 12.0 Å². The highest BCUT2D eigenvalue weighted by Gasteiger charge is 2.25. The standard InChI is InChI=1S/C18H26Cl2N2O3/c1-5-22(17(23)25-18(2,3)4)8-7-21-15-6-9-24-16-13(15)10-12(19)11-14(16)20/h10-11,15,21H,5-9H2,1-4H3. The summed E-state index contributed by atoms with van der Waals surface area (Å²) in [6.45, 7) is 9.92. The average molecular weight is 389 g/mol. The van der Waals surface area contributed by atoms with Gasteiger partial charge in [0.25, 0.3) is 0 Å². The quantitative estimate of drug-likeness (QED) is 0.796. The molecule has 0 fully saturated rings. The zero-order valence-electron chi connectivity index (χ0n) is 15.2. The van der Waals surface area contributed by atoms with Crippen molar-refractivity contribution in [2.45, 2.75) is 45.8 Å². The van der Waals surface area contributed by atoms with Crippen molar-refractivity contribution in [2.24, 2.45) is 0 Å². The molecule has 0 spiro atoms. The van der Waals surface area contributed by atoms with E-state index >= 15 is 0 Å². The molecule has 140 valence electrons. The van der Waals surface area contributed by atoms with Crippen LogP contribution in [-0.4, -0.2) is 42.8 Å². The summed E-state index contributed by atoms with van der Waals surface area (Å²) in [6.07, 6.45) is 0.526. The summed E-state index contributed by atoms with van der Waals surface area (Å²) >= 11 is 12.3. The van der Waals surface area contributed by atoms with Crippen molar-refractivity contribution in [3.8, 4) is 5.75 Å². The van der Waals surface area contributed by atoms with Crippen molar-refractivity contribution >= 4 is 29.3 Å². The Bertz CT molecular complexity index is 617. The number of carbonyl (C=O) groups excluding carboxylic acids is 1. The summed E-state index contributed by atoms with van der Waals surface area (Å²) < 4.78 is 11.1. The highest BCUT2D eigenvalue weighted by atomic mass is 35.5. The number of halogens is 2. The molecule has 1 aromatic rings. The number of carbonyl (C=O) groups is 1. The molecule has 1 amide bonds. The van der Waals surface area contributed by atoms with E-state index in [2.05, 4.69) is 5.32 Å². The summed E-state index contributed by atoms with van der Waals surface area (Å²) in [4.78, 5) is 13.9. The zero-order valence-corrected chi connectivity index (χ0v) is 16.7. The Morgan fingerprint density at radius 3 is 2.76 bits per heavy atom. The van der Waals surface area contributed by atoms with Crippen LogP contribution in [0.2, 0.25) is 10.0 Å². The fourth-order valence-corrected chi connectivity index (χ4v) is 3.28. The summed E-state index contributed by atoms with van der Waals surface area (Å²) in [6, 6.07) is 3.66. The Morgan fingerprint density at radius 1 is 1.40 bits per heavy atom. The fraction of sp³-hybridized carbons (Fsp3) is 0.611. The number of rotatable bonds is 5. The molecule has 0 radical (unpaired) electrons. The summed E-state index contributed by atoms with van der Waals surface area (Å²) in [5, 5.41) is 4.58. The Labute approximate surface area is 159 Å². The predicted octanol–water partition coefficient (Wildman–Crippen LogP) is 4.66. The van der Waals surface area contributed by atoms with E-state index in [-0.39, 0.29) is 12.1 Å². The van der Waals surface area contributed by atoms with Crippen LogP contribution in [0.4, 0.5) is 4.79 Å². The third-order valence-electron chi connectivity index (χ3n) is 3.87. The minimum atomic E-state index is -0.495. The normalized spacial score (nSPS) is 16.8. The molecule has 1 unspecified atom stereocenters. The number of nitrogens with zero attached hydrogens (tertiary/aromatic N) is 1. The summed E-state index contributed by atoms with van der Waals surface area (Å²) in [7, 11) is 0. The van der Waals surface area contributed by atoms with Crippen LogP contribution < -0.4 is 10.1 Å². The van der Waals surface area contributed by atoms with Gasteiger partial charge in [-0.2, -0.15) is 0 Å². The van der Waals surface area contributed by atoms with E-state index < -0.39 is 5.60 Å². The average Bonchev–Trinajstić information content (AvgIpc) is 2.50. The molecule has 1 heterocycles. The topological polar surface area (TPSA) is 50.8 Å². The minimum absolute atomic E-state index is 0.0947. The number of benzene rings is 1. The molecule has 0 aliphatic carbocycles. The van der Waals surface area contributed by atoms with Crippen LogP contribution >= 0.6 is 23.2 Å². The van der Waals surface area contributed by atoms with Gasteiger partial charge in [-0.25, -0.2) is 4.79 Å². The van der Waals surface area contributed by atoms with Crippen LogP contribution in [0.5, 0.6) is 5.75 Å². The lowest BCUT2D eigenvalue weighted by atomic mass is 10.0. The molecule has 1 atom stereocenters. The Balaban J connectivity index is 1.95. The van der Waals surface area contributed by atoms with Crippen LogP contribution in [0.25, 0.3) is 0 Å². The maximum Gasteiger partial charge on any atom is 0.410 e. The van der Waals surface area contributed by atoms with Gasteiger partial charge in [-0.15, -0.1) is 0 Å².